The number of rotatable bonds is 7. The van der Waals surface area contributed by atoms with E-state index >= 15 is 0 Å². The largest absolute Gasteiger partial charge is 0.464 e. The van der Waals surface area contributed by atoms with Crippen molar-refractivity contribution in [2.45, 2.75) is 25.8 Å². The van der Waals surface area contributed by atoms with Gasteiger partial charge in [-0.05, 0) is 25.5 Å². The number of halogens is 1. The third-order valence-electron chi connectivity index (χ3n) is 2.56. The zero-order chi connectivity index (χ0) is 15.0. The van der Waals surface area contributed by atoms with Gasteiger partial charge in [0.2, 0.25) is 6.08 Å². The minimum absolute atomic E-state index is 0.0645. The Morgan fingerprint density at radius 3 is 2.80 bits per heavy atom. The number of esters is 1. The molecule has 0 heterocycles. The number of carbonyl (C=O) groups is 2. The monoisotopic (exact) mass is 295 g/mol. The zero-order valence-electron chi connectivity index (χ0n) is 11.0. The van der Waals surface area contributed by atoms with E-state index in [-0.39, 0.29) is 25.2 Å². The molecule has 106 valence electrons. The second-order valence-corrected chi connectivity index (χ2v) is 4.40. The molecule has 0 amide bonds. The standard InChI is InChI=1S/C14H14ClNO4/c1-2-20-14(19)12(16-9-17)6-7-13(18)10-4-3-5-11(15)8-10/h3-5,8,12H,2,6-7H2,1H3. The molecule has 0 spiro atoms. The quantitative estimate of drug-likeness (QED) is 0.335. The van der Waals surface area contributed by atoms with Crippen molar-refractivity contribution in [3.05, 3.63) is 34.9 Å². The Hall–Kier alpha value is -1.97. The summed E-state index contributed by atoms with van der Waals surface area (Å²) in [6.07, 6.45) is 1.48. The van der Waals surface area contributed by atoms with Crippen LogP contribution < -0.4 is 0 Å². The maximum absolute atomic E-state index is 11.9. The van der Waals surface area contributed by atoms with Crippen LogP contribution in [0.3, 0.4) is 0 Å². The molecule has 0 radical (unpaired) electrons. The summed E-state index contributed by atoms with van der Waals surface area (Å²) in [6, 6.07) is 5.52. The van der Waals surface area contributed by atoms with Crippen molar-refractivity contribution in [3.63, 3.8) is 0 Å². The maximum Gasteiger partial charge on any atom is 0.331 e. The molecule has 0 saturated carbocycles. The molecular formula is C14H14ClNO4. The lowest BCUT2D eigenvalue weighted by Crippen LogP contribution is -2.22. The topological polar surface area (TPSA) is 72.8 Å². The van der Waals surface area contributed by atoms with Crippen molar-refractivity contribution >= 4 is 29.4 Å². The second kappa shape index (κ2) is 8.25. The first-order valence-electron chi connectivity index (χ1n) is 6.10. The van der Waals surface area contributed by atoms with Gasteiger partial charge in [0.05, 0.1) is 6.61 Å². The van der Waals surface area contributed by atoms with Crippen LogP contribution in [0, 0.1) is 0 Å². The number of nitrogens with zero attached hydrogens (tertiary/aromatic N) is 1. The maximum atomic E-state index is 11.9. The fourth-order valence-corrected chi connectivity index (χ4v) is 1.80. The highest BCUT2D eigenvalue weighted by Gasteiger charge is 2.20. The van der Waals surface area contributed by atoms with Crippen LogP contribution in [0.4, 0.5) is 0 Å². The normalized spacial score (nSPS) is 11.3. The van der Waals surface area contributed by atoms with Crippen LogP contribution in [-0.4, -0.2) is 30.5 Å². The van der Waals surface area contributed by atoms with Crippen molar-refractivity contribution in [3.8, 4) is 0 Å². The van der Waals surface area contributed by atoms with Crippen LogP contribution in [-0.2, 0) is 14.3 Å². The van der Waals surface area contributed by atoms with Gasteiger partial charge in [0.1, 0.15) is 0 Å². The van der Waals surface area contributed by atoms with Crippen molar-refractivity contribution < 1.29 is 19.1 Å². The van der Waals surface area contributed by atoms with E-state index in [1.165, 1.54) is 6.08 Å². The van der Waals surface area contributed by atoms with E-state index in [0.29, 0.717) is 10.6 Å². The molecule has 0 N–H and O–H groups in total. The van der Waals surface area contributed by atoms with Gasteiger partial charge in [-0.2, -0.15) is 4.99 Å². The molecule has 0 aromatic heterocycles. The van der Waals surface area contributed by atoms with Gasteiger partial charge in [0.15, 0.2) is 11.8 Å². The van der Waals surface area contributed by atoms with Crippen LogP contribution in [0.5, 0.6) is 0 Å². The summed E-state index contributed by atoms with van der Waals surface area (Å²) < 4.78 is 4.77. The Morgan fingerprint density at radius 1 is 1.45 bits per heavy atom. The lowest BCUT2D eigenvalue weighted by Gasteiger charge is -2.09. The Labute approximate surface area is 121 Å². The minimum atomic E-state index is -0.990. The van der Waals surface area contributed by atoms with E-state index in [4.69, 9.17) is 16.3 Å². The highest BCUT2D eigenvalue weighted by molar-refractivity contribution is 6.31. The molecule has 0 aliphatic heterocycles. The number of Topliss-reactive ketones (excluding diaryl/α,β-unsaturated/α-hetero) is 1. The van der Waals surface area contributed by atoms with Gasteiger partial charge < -0.3 is 4.74 Å². The van der Waals surface area contributed by atoms with Gasteiger partial charge in [-0.3, -0.25) is 4.79 Å². The lowest BCUT2D eigenvalue weighted by molar-refractivity contribution is -0.144. The summed E-state index contributed by atoms with van der Waals surface area (Å²) in [5.41, 5.74) is 0.454. The predicted octanol–water partition coefficient (Wildman–Crippen LogP) is 2.57. The first-order valence-corrected chi connectivity index (χ1v) is 6.48. The molecule has 0 fully saturated rings. The van der Waals surface area contributed by atoms with Crippen molar-refractivity contribution in [1.29, 1.82) is 0 Å². The molecule has 20 heavy (non-hydrogen) atoms. The van der Waals surface area contributed by atoms with Crippen LogP contribution in [0.25, 0.3) is 0 Å². The number of carbonyl (C=O) groups excluding carboxylic acids is 3. The van der Waals surface area contributed by atoms with Crippen molar-refractivity contribution in [2.75, 3.05) is 6.61 Å². The average Bonchev–Trinajstić information content (AvgIpc) is 2.43. The van der Waals surface area contributed by atoms with Crippen LogP contribution >= 0.6 is 11.6 Å². The van der Waals surface area contributed by atoms with E-state index in [1.807, 2.05) is 0 Å². The Balaban J connectivity index is 2.65. The molecule has 0 saturated heterocycles. The Kier molecular flexibility index (Phi) is 6.64. The van der Waals surface area contributed by atoms with E-state index in [0.717, 1.165) is 0 Å². The van der Waals surface area contributed by atoms with Gasteiger partial charge in [-0.25, -0.2) is 9.59 Å². The van der Waals surface area contributed by atoms with Crippen LogP contribution in [0.15, 0.2) is 29.3 Å². The first-order chi connectivity index (χ1) is 9.58. The van der Waals surface area contributed by atoms with Gasteiger partial charge in [-0.1, -0.05) is 23.7 Å². The number of hydrogen-bond acceptors (Lipinski definition) is 5. The highest BCUT2D eigenvalue weighted by Crippen LogP contribution is 2.14. The van der Waals surface area contributed by atoms with E-state index < -0.39 is 12.0 Å². The molecule has 1 atom stereocenters. The Bertz CT molecular complexity index is 538. The molecule has 1 rings (SSSR count). The number of isocyanates is 1. The molecule has 1 unspecified atom stereocenters. The molecule has 6 heteroatoms. The molecule has 0 aliphatic carbocycles. The highest BCUT2D eigenvalue weighted by atomic mass is 35.5. The fraction of sp³-hybridized carbons (Fsp3) is 0.357. The SMILES string of the molecule is CCOC(=O)C(CCC(=O)c1cccc(Cl)c1)N=C=O. The summed E-state index contributed by atoms with van der Waals surface area (Å²) >= 11 is 5.80. The van der Waals surface area contributed by atoms with Crippen LogP contribution in [0.1, 0.15) is 30.1 Å². The predicted molar refractivity (Wildman–Crippen MR) is 73.6 cm³/mol. The van der Waals surface area contributed by atoms with E-state index in [1.54, 1.807) is 31.2 Å². The summed E-state index contributed by atoms with van der Waals surface area (Å²) in [6.45, 7) is 1.84. The number of ketones is 1. The summed E-state index contributed by atoms with van der Waals surface area (Å²) in [5.74, 6) is -0.808. The average molecular weight is 296 g/mol. The lowest BCUT2D eigenvalue weighted by atomic mass is 10.0. The Morgan fingerprint density at radius 2 is 2.20 bits per heavy atom. The smallest absolute Gasteiger partial charge is 0.331 e. The number of benzene rings is 1. The van der Waals surface area contributed by atoms with E-state index in [9.17, 15) is 14.4 Å². The van der Waals surface area contributed by atoms with Gasteiger partial charge >= 0.3 is 5.97 Å². The summed E-state index contributed by atoms with van der Waals surface area (Å²) in [4.78, 5) is 37.1. The zero-order valence-corrected chi connectivity index (χ0v) is 11.7. The van der Waals surface area contributed by atoms with Crippen molar-refractivity contribution in [2.24, 2.45) is 4.99 Å². The van der Waals surface area contributed by atoms with Gasteiger partial charge in [0.25, 0.3) is 0 Å². The van der Waals surface area contributed by atoms with Crippen LogP contribution in [0.2, 0.25) is 5.02 Å². The molecule has 0 aliphatic rings. The van der Waals surface area contributed by atoms with Crippen molar-refractivity contribution in [1.82, 2.24) is 0 Å². The summed E-state index contributed by atoms with van der Waals surface area (Å²) in [7, 11) is 0. The first kappa shape index (κ1) is 16.1. The fourth-order valence-electron chi connectivity index (χ4n) is 1.61. The van der Waals surface area contributed by atoms with E-state index in [2.05, 4.69) is 4.99 Å². The third-order valence-corrected chi connectivity index (χ3v) is 2.79. The molecule has 0 bridgehead atoms. The third kappa shape index (κ3) is 4.96. The number of aliphatic imine (C=N–C) groups is 1. The molecule has 5 nitrogen and oxygen atoms in total. The number of ether oxygens (including phenoxy) is 1. The molecular weight excluding hydrogens is 282 g/mol. The number of hydrogen-bond donors (Lipinski definition) is 0. The van der Waals surface area contributed by atoms with Gasteiger partial charge in [0, 0.05) is 17.0 Å². The molecule has 1 aromatic carbocycles. The molecule has 1 aromatic rings. The minimum Gasteiger partial charge on any atom is -0.464 e. The summed E-state index contributed by atoms with van der Waals surface area (Å²) in [5, 5.41) is 0.462. The second-order valence-electron chi connectivity index (χ2n) is 3.96. The van der Waals surface area contributed by atoms with Gasteiger partial charge in [-0.15, -0.1) is 0 Å².